The molecule has 0 spiro atoms. The normalized spacial score (nSPS) is 18.8. The van der Waals surface area contributed by atoms with Crippen LogP contribution >= 0.6 is 0 Å². The number of rotatable bonds is 5. The molecule has 154 valence electrons. The van der Waals surface area contributed by atoms with Crippen LogP contribution in [0.5, 0.6) is 0 Å². The number of likely N-dealkylation sites (N-methyl/N-ethyl adjacent to an activating group) is 1. The summed E-state index contributed by atoms with van der Waals surface area (Å²) in [6.07, 6.45) is 6.68. The van der Waals surface area contributed by atoms with Crippen LogP contribution in [0.2, 0.25) is 0 Å². The van der Waals surface area contributed by atoms with Gasteiger partial charge in [0.1, 0.15) is 5.41 Å². The first-order valence-electron chi connectivity index (χ1n) is 10.1. The van der Waals surface area contributed by atoms with Crippen molar-refractivity contribution in [2.45, 2.75) is 24.8 Å². The number of pyridine rings is 1. The van der Waals surface area contributed by atoms with Gasteiger partial charge in [0.25, 0.3) is 5.91 Å². The van der Waals surface area contributed by atoms with Gasteiger partial charge in [0.2, 0.25) is 5.91 Å². The molecule has 7 nitrogen and oxygen atoms in total. The van der Waals surface area contributed by atoms with E-state index in [-0.39, 0.29) is 11.8 Å². The van der Waals surface area contributed by atoms with Gasteiger partial charge in [0, 0.05) is 44.3 Å². The molecule has 3 aromatic rings. The number of hydrogen-bond donors (Lipinski definition) is 1. The zero-order chi connectivity index (χ0) is 21.0. The second-order valence-electron chi connectivity index (χ2n) is 7.57. The van der Waals surface area contributed by atoms with Gasteiger partial charge >= 0.3 is 0 Å². The fourth-order valence-electron chi connectivity index (χ4n) is 4.23. The highest BCUT2D eigenvalue weighted by atomic mass is 16.2. The zero-order valence-electron chi connectivity index (χ0n) is 17.0. The van der Waals surface area contributed by atoms with Crippen molar-refractivity contribution in [3.05, 3.63) is 83.9 Å². The zero-order valence-corrected chi connectivity index (χ0v) is 17.0. The van der Waals surface area contributed by atoms with Crippen molar-refractivity contribution in [1.29, 1.82) is 0 Å². The van der Waals surface area contributed by atoms with Crippen LogP contribution in [-0.2, 0) is 16.8 Å². The van der Waals surface area contributed by atoms with Gasteiger partial charge in [-0.25, -0.2) is 0 Å². The Morgan fingerprint density at radius 3 is 2.67 bits per heavy atom. The van der Waals surface area contributed by atoms with E-state index >= 15 is 0 Å². The number of carbonyl (C=O) groups excluding carboxylic acids is 2. The fraction of sp³-hybridized carbons (Fsp3) is 0.304. The van der Waals surface area contributed by atoms with E-state index in [2.05, 4.69) is 15.4 Å². The monoisotopic (exact) mass is 403 g/mol. The van der Waals surface area contributed by atoms with Crippen molar-refractivity contribution in [3.63, 3.8) is 0 Å². The van der Waals surface area contributed by atoms with Crippen molar-refractivity contribution in [1.82, 2.24) is 25.0 Å². The molecule has 1 aromatic carbocycles. The third-order valence-electron chi connectivity index (χ3n) is 5.74. The molecule has 1 unspecified atom stereocenters. The average molecular weight is 403 g/mol. The predicted octanol–water partition coefficient (Wildman–Crippen LogP) is 2.25. The van der Waals surface area contributed by atoms with Gasteiger partial charge in [-0.3, -0.25) is 19.3 Å². The lowest BCUT2D eigenvalue weighted by molar-refractivity contribution is -0.128. The summed E-state index contributed by atoms with van der Waals surface area (Å²) in [5.74, 6) is -0.176. The fourth-order valence-corrected chi connectivity index (χ4v) is 4.23. The molecule has 0 aliphatic carbocycles. The Morgan fingerprint density at radius 1 is 1.10 bits per heavy atom. The molecule has 0 saturated carbocycles. The lowest BCUT2D eigenvalue weighted by atomic mass is 9.75. The van der Waals surface area contributed by atoms with Gasteiger partial charge in [-0.1, -0.05) is 24.3 Å². The number of aromatic nitrogens is 3. The molecule has 30 heavy (non-hydrogen) atoms. The second-order valence-corrected chi connectivity index (χ2v) is 7.57. The molecule has 1 fully saturated rings. The molecule has 1 atom stereocenters. The van der Waals surface area contributed by atoms with Crippen LogP contribution in [0.1, 0.15) is 34.5 Å². The molecule has 2 amide bonds. The maximum Gasteiger partial charge on any atom is 0.254 e. The van der Waals surface area contributed by atoms with Gasteiger partial charge in [0.15, 0.2) is 0 Å². The van der Waals surface area contributed by atoms with Crippen molar-refractivity contribution in [2.24, 2.45) is 0 Å². The Balaban J connectivity index is 1.65. The molecule has 0 radical (unpaired) electrons. The molecular weight excluding hydrogens is 378 g/mol. The molecule has 4 rings (SSSR count). The van der Waals surface area contributed by atoms with E-state index in [1.165, 1.54) is 0 Å². The summed E-state index contributed by atoms with van der Waals surface area (Å²) in [6.45, 7) is 1.43. The number of piperidine rings is 1. The Labute approximate surface area is 175 Å². The van der Waals surface area contributed by atoms with Crippen LogP contribution in [-0.4, -0.2) is 51.6 Å². The van der Waals surface area contributed by atoms with Crippen LogP contribution in [0.15, 0.2) is 67.1 Å². The molecule has 1 aliphatic rings. The molecule has 1 N–H and O–H groups in total. The first-order valence-corrected chi connectivity index (χ1v) is 10.1. The van der Waals surface area contributed by atoms with Gasteiger partial charge in [-0.2, -0.15) is 5.10 Å². The minimum absolute atomic E-state index is 0.0679. The summed E-state index contributed by atoms with van der Waals surface area (Å²) >= 11 is 0. The number of amides is 2. The third kappa shape index (κ3) is 3.70. The maximum absolute atomic E-state index is 13.5. The molecular formula is C23H25N5O2. The van der Waals surface area contributed by atoms with Crippen molar-refractivity contribution in [3.8, 4) is 0 Å². The molecule has 3 heterocycles. The van der Waals surface area contributed by atoms with E-state index in [0.29, 0.717) is 37.3 Å². The van der Waals surface area contributed by atoms with Gasteiger partial charge < -0.3 is 10.2 Å². The Bertz CT molecular complexity index is 1020. The Kier molecular flexibility index (Phi) is 5.61. The van der Waals surface area contributed by atoms with E-state index in [0.717, 1.165) is 12.0 Å². The summed E-state index contributed by atoms with van der Waals surface area (Å²) in [4.78, 5) is 32.7. The Morgan fingerprint density at radius 2 is 1.93 bits per heavy atom. The van der Waals surface area contributed by atoms with Crippen LogP contribution in [0.4, 0.5) is 0 Å². The third-order valence-corrected chi connectivity index (χ3v) is 5.74. The van der Waals surface area contributed by atoms with E-state index in [9.17, 15) is 9.59 Å². The summed E-state index contributed by atoms with van der Waals surface area (Å²) < 4.78 is 1.80. The number of hydrogen-bond acceptors (Lipinski definition) is 4. The first kappa shape index (κ1) is 19.8. The number of likely N-dealkylation sites (tertiary alicyclic amines) is 1. The van der Waals surface area contributed by atoms with E-state index in [1.807, 2.05) is 54.7 Å². The van der Waals surface area contributed by atoms with E-state index in [1.54, 1.807) is 29.0 Å². The minimum atomic E-state index is -0.846. The maximum atomic E-state index is 13.5. The number of benzene rings is 1. The standard InChI is InChI=1S/C23H25N5O2/c1-24-22(30)23(20-10-4-5-12-25-20)11-6-14-27(17-23)21(29)19-9-3-2-8-18(19)16-28-15-7-13-26-28/h2-5,7-10,12-13,15H,6,11,14,16-17H2,1H3,(H,24,30). The predicted molar refractivity (Wildman–Crippen MR) is 113 cm³/mol. The van der Waals surface area contributed by atoms with Crippen molar-refractivity contribution >= 4 is 11.8 Å². The largest absolute Gasteiger partial charge is 0.358 e. The van der Waals surface area contributed by atoms with Crippen molar-refractivity contribution < 1.29 is 9.59 Å². The van der Waals surface area contributed by atoms with Gasteiger partial charge in [0.05, 0.1) is 12.2 Å². The SMILES string of the molecule is CNC(=O)C1(c2ccccn2)CCCN(C(=O)c2ccccc2Cn2cccn2)C1. The van der Waals surface area contributed by atoms with E-state index in [4.69, 9.17) is 0 Å². The number of nitrogens with one attached hydrogen (secondary N) is 1. The number of nitrogens with zero attached hydrogens (tertiary/aromatic N) is 4. The number of carbonyl (C=O) groups is 2. The van der Waals surface area contributed by atoms with Gasteiger partial charge in [-0.15, -0.1) is 0 Å². The van der Waals surface area contributed by atoms with Gasteiger partial charge in [-0.05, 0) is 42.7 Å². The molecule has 1 saturated heterocycles. The van der Waals surface area contributed by atoms with Crippen LogP contribution in [0.25, 0.3) is 0 Å². The van der Waals surface area contributed by atoms with Crippen LogP contribution in [0.3, 0.4) is 0 Å². The lowest BCUT2D eigenvalue weighted by Crippen LogP contribution is -2.56. The van der Waals surface area contributed by atoms with Crippen LogP contribution in [0, 0.1) is 0 Å². The summed E-state index contributed by atoms with van der Waals surface area (Å²) in [7, 11) is 1.63. The molecule has 0 bridgehead atoms. The second kappa shape index (κ2) is 8.49. The van der Waals surface area contributed by atoms with Crippen molar-refractivity contribution in [2.75, 3.05) is 20.1 Å². The van der Waals surface area contributed by atoms with Crippen LogP contribution < -0.4 is 5.32 Å². The summed E-state index contributed by atoms with van der Waals surface area (Å²) in [6, 6.07) is 15.0. The highest BCUT2D eigenvalue weighted by molar-refractivity contribution is 5.97. The highest BCUT2D eigenvalue weighted by Crippen LogP contribution is 2.34. The first-order chi connectivity index (χ1) is 14.6. The summed E-state index contributed by atoms with van der Waals surface area (Å²) in [5, 5.41) is 7.04. The molecule has 7 heteroatoms. The average Bonchev–Trinajstić information content (AvgIpc) is 3.32. The molecule has 1 aliphatic heterocycles. The smallest absolute Gasteiger partial charge is 0.254 e. The Hall–Kier alpha value is -3.48. The summed E-state index contributed by atoms with van der Waals surface area (Å²) in [5.41, 5.74) is 1.40. The highest BCUT2D eigenvalue weighted by Gasteiger charge is 2.45. The minimum Gasteiger partial charge on any atom is -0.358 e. The molecule has 2 aromatic heterocycles. The quantitative estimate of drug-likeness (QED) is 0.709. The lowest BCUT2D eigenvalue weighted by Gasteiger charge is -2.41. The van der Waals surface area contributed by atoms with E-state index < -0.39 is 5.41 Å². The topological polar surface area (TPSA) is 80.1 Å².